The number of anilines is 2. The summed E-state index contributed by atoms with van der Waals surface area (Å²) in [6.07, 6.45) is 1.92. The van der Waals surface area contributed by atoms with E-state index in [1.807, 2.05) is 27.7 Å². The third-order valence-corrected chi connectivity index (χ3v) is 5.81. The van der Waals surface area contributed by atoms with Crippen LogP contribution in [0.3, 0.4) is 0 Å². The van der Waals surface area contributed by atoms with Gasteiger partial charge in [-0.05, 0) is 50.9 Å². The third kappa shape index (κ3) is 6.16. The van der Waals surface area contributed by atoms with Gasteiger partial charge in [-0.25, -0.2) is 0 Å². The van der Waals surface area contributed by atoms with Crippen LogP contribution >= 0.6 is 11.5 Å². The smallest absolute Gasteiger partial charge is 0.272 e. The van der Waals surface area contributed by atoms with Gasteiger partial charge in [-0.1, -0.05) is 19.8 Å². The normalized spacial score (nSPS) is 12.1. The Morgan fingerprint density at radius 1 is 1.18 bits per heavy atom. The van der Waals surface area contributed by atoms with Crippen LogP contribution in [0.15, 0.2) is 18.2 Å². The van der Waals surface area contributed by atoms with Gasteiger partial charge in [-0.3, -0.25) is 19.3 Å². The number of primary amides is 1. The Morgan fingerprint density at radius 2 is 1.82 bits per heavy atom. The first-order chi connectivity index (χ1) is 15.9. The molecule has 10 nitrogen and oxygen atoms in total. The maximum atomic E-state index is 13.8. The molecule has 0 saturated carbocycles. The number of aromatic nitrogens is 1. The molecule has 186 valence electrons. The molecule has 34 heavy (non-hydrogen) atoms. The van der Waals surface area contributed by atoms with Crippen molar-refractivity contribution in [3.05, 3.63) is 28.8 Å². The van der Waals surface area contributed by atoms with E-state index in [0.717, 1.165) is 18.0 Å². The number of unbranched alkanes of at least 4 members (excludes halogenated alkanes) is 1. The van der Waals surface area contributed by atoms with Crippen molar-refractivity contribution in [3.8, 4) is 11.5 Å². The molecule has 0 saturated heterocycles. The highest BCUT2D eigenvalue weighted by Gasteiger charge is 2.36. The van der Waals surface area contributed by atoms with E-state index in [4.69, 9.17) is 20.9 Å². The van der Waals surface area contributed by atoms with Crippen LogP contribution in [-0.4, -0.2) is 47.9 Å². The SMILES string of the molecule is CCCC[C@@H](C(=O)NC(C)(C)C)N(C(=O)c1snc(C(N)=O)c1N)c1ccc(OC)c(OC)c1. The van der Waals surface area contributed by atoms with Gasteiger partial charge in [0.05, 0.1) is 19.9 Å². The Bertz CT molecular complexity index is 1050. The zero-order valence-corrected chi connectivity index (χ0v) is 21.2. The molecule has 0 fully saturated rings. The van der Waals surface area contributed by atoms with Crippen LogP contribution in [0.25, 0.3) is 0 Å². The molecule has 3 amide bonds. The lowest BCUT2D eigenvalue weighted by Crippen LogP contribution is -2.54. The first kappa shape index (κ1) is 26.9. The van der Waals surface area contributed by atoms with Crippen molar-refractivity contribution in [2.45, 2.75) is 58.5 Å². The Kier molecular flexibility index (Phi) is 8.86. The molecular formula is C23H33N5O5S. The summed E-state index contributed by atoms with van der Waals surface area (Å²) in [7, 11) is 2.99. The molecule has 0 unspecified atom stereocenters. The van der Waals surface area contributed by atoms with Gasteiger partial charge in [0.1, 0.15) is 10.9 Å². The summed E-state index contributed by atoms with van der Waals surface area (Å²) in [5, 5.41) is 2.97. The van der Waals surface area contributed by atoms with E-state index in [0.29, 0.717) is 30.0 Å². The summed E-state index contributed by atoms with van der Waals surface area (Å²) in [5.74, 6) is -0.866. The first-order valence-electron chi connectivity index (χ1n) is 10.9. The second kappa shape index (κ2) is 11.2. The lowest BCUT2D eigenvalue weighted by molar-refractivity contribution is -0.123. The molecule has 0 aliphatic rings. The summed E-state index contributed by atoms with van der Waals surface area (Å²) in [6, 6.07) is 4.07. The maximum absolute atomic E-state index is 13.8. The minimum atomic E-state index is -0.858. The summed E-state index contributed by atoms with van der Waals surface area (Å²) >= 11 is 0.765. The Hall–Kier alpha value is -3.34. The fourth-order valence-corrected chi connectivity index (χ4v) is 4.12. The molecule has 0 bridgehead atoms. The molecule has 0 aliphatic carbocycles. The fraction of sp³-hybridized carbons (Fsp3) is 0.478. The van der Waals surface area contributed by atoms with E-state index in [2.05, 4.69) is 9.69 Å². The lowest BCUT2D eigenvalue weighted by atomic mass is 10.0. The van der Waals surface area contributed by atoms with E-state index >= 15 is 0 Å². The largest absolute Gasteiger partial charge is 0.493 e. The van der Waals surface area contributed by atoms with Gasteiger partial charge in [0, 0.05) is 17.3 Å². The summed E-state index contributed by atoms with van der Waals surface area (Å²) in [6.45, 7) is 7.60. The molecule has 2 rings (SSSR count). The van der Waals surface area contributed by atoms with Gasteiger partial charge in [-0.2, -0.15) is 4.37 Å². The number of amides is 3. The number of carbonyl (C=O) groups excluding carboxylic acids is 3. The molecule has 0 spiro atoms. The summed E-state index contributed by atoms with van der Waals surface area (Å²) < 4.78 is 14.7. The number of ether oxygens (including phenoxy) is 2. The molecule has 2 aromatic rings. The molecule has 1 aromatic carbocycles. The molecule has 11 heteroatoms. The van der Waals surface area contributed by atoms with Gasteiger partial charge >= 0.3 is 0 Å². The maximum Gasteiger partial charge on any atom is 0.272 e. The third-order valence-electron chi connectivity index (χ3n) is 4.96. The highest BCUT2D eigenvalue weighted by atomic mass is 32.1. The number of nitrogens with two attached hydrogens (primary N) is 2. The van der Waals surface area contributed by atoms with E-state index in [-0.39, 0.29) is 22.2 Å². The average Bonchev–Trinajstić information content (AvgIpc) is 3.16. The van der Waals surface area contributed by atoms with Crippen LogP contribution in [-0.2, 0) is 4.79 Å². The number of hydrogen-bond acceptors (Lipinski definition) is 8. The molecular weight excluding hydrogens is 458 g/mol. The van der Waals surface area contributed by atoms with Crippen LogP contribution in [0.1, 0.15) is 67.1 Å². The Morgan fingerprint density at radius 3 is 2.32 bits per heavy atom. The Balaban J connectivity index is 2.69. The van der Waals surface area contributed by atoms with Crippen LogP contribution in [0.2, 0.25) is 0 Å². The highest BCUT2D eigenvalue weighted by Crippen LogP contribution is 2.35. The van der Waals surface area contributed by atoms with Gasteiger partial charge < -0.3 is 26.3 Å². The number of carbonyl (C=O) groups is 3. The molecule has 0 aliphatic heterocycles. The average molecular weight is 492 g/mol. The molecule has 1 heterocycles. The van der Waals surface area contributed by atoms with E-state index in [9.17, 15) is 14.4 Å². The van der Waals surface area contributed by atoms with Crippen molar-refractivity contribution in [3.63, 3.8) is 0 Å². The van der Waals surface area contributed by atoms with Gasteiger partial charge in [-0.15, -0.1) is 0 Å². The van der Waals surface area contributed by atoms with Crippen LogP contribution < -0.4 is 31.2 Å². The van der Waals surface area contributed by atoms with Crippen LogP contribution in [0, 0.1) is 0 Å². The fourth-order valence-electron chi connectivity index (χ4n) is 3.38. The molecule has 0 radical (unpaired) electrons. The monoisotopic (exact) mass is 491 g/mol. The minimum absolute atomic E-state index is 0.0219. The van der Waals surface area contributed by atoms with E-state index in [1.165, 1.54) is 19.1 Å². The van der Waals surface area contributed by atoms with Crippen LogP contribution in [0.5, 0.6) is 11.5 Å². The van der Waals surface area contributed by atoms with Crippen molar-refractivity contribution in [2.75, 3.05) is 24.9 Å². The number of rotatable bonds is 10. The highest BCUT2D eigenvalue weighted by molar-refractivity contribution is 7.09. The number of methoxy groups -OCH3 is 2. The summed E-state index contributed by atoms with van der Waals surface area (Å²) in [4.78, 5) is 40.3. The van der Waals surface area contributed by atoms with Gasteiger partial charge in [0.15, 0.2) is 17.2 Å². The summed E-state index contributed by atoms with van der Waals surface area (Å²) in [5.41, 5.74) is 11.0. The topological polar surface area (TPSA) is 150 Å². The predicted molar refractivity (Wildman–Crippen MR) is 133 cm³/mol. The molecule has 1 aromatic heterocycles. The minimum Gasteiger partial charge on any atom is -0.493 e. The van der Waals surface area contributed by atoms with E-state index < -0.39 is 23.4 Å². The predicted octanol–water partition coefficient (Wildman–Crippen LogP) is 2.96. The standard InChI is InChI=1S/C23H33N5O5S/c1-7-8-9-14(21(30)26-23(2,3)4)28(13-10-11-15(32-5)16(12-13)33-6)22(31)19-17(24)18(20(25)29)27-34-19/h10-12,14H,7-9,24H2,1-6H3,(H2,25,29)(H,26,30)/t14-/m0/s1. The number of nitrogen functional groups attached to an aromatic ring is 1. The molecule has 5 N–H and O–H groups in total. The number of nitrogens with zero attached hydrogens (tertiary/aromatic N) is 2. The quantitative estimate of drug-likeness (QED) is 0.462. The number of hydrogen-bond donors (Lipinski definition) is 3. The van der Waals surface area contributed by atoms with Crippen molar-refractivity contribution in [2.24, 2.45) is 5.73 Å². The Labute approximate surface area is 203 Å². The van der Waals surface area contributed by atoms with Gasteiger partial charge in [0.25, 0.3) is 11.8 Å². The van der Waals surface area contributed by atoms with Gasteiger partial charge in [0.2, 0.25) is 5.91 Å². The second-order valence-electron chi connectivity index (χ2n) is 8.75. The van der Waals surface area contributed by atoms with Crippen molar-refractivity contribution >= 4 is 40.6 Å². The van der Waals surface area contributed by atoms with Crippen molar-refractivity contribution in [1.29, 1.82) is 0 Å². The van der Waals surface area contributed by atoms with Crippen molar-refractivity contribution in [1.82, 2.24) is 9.69 Å². The van der Waals surface area contributed by atoms with Crippen molar-refractivity contribution < 1.29 is 23.9 Å². The number of nitrogens with one attached hydrogen (secondary N) is 1. The first-order valence-corrected chi connectivity index (χ1v) is 11.6. The second-order valence-corrected chi connectivity index (χ2v) is 9.52. The molecule has 1 atom stereocenters. The zero-order valence-electron chi connectivity index (χ0n) is 20.4. The van der Waals surface area contributed by atoms with E-state index in [1.54, 1.807) is 18.2 Å². The zero-order chi connectivity index (χ0) is 25.6. The van der Waals surface area contributed by atoms with Crippen LogP contribution in [0.4, 0.5) is 11.4 Å². The number of benzene rings is 1. The lowest BCUT2D eigenvalue weighted by Gasteiger charge is -2.33.